The van der Waals surface area contributed by atoms with Crippen LogP contribution in [0.3, 0.4) is 0 Å². The Morgan fingerprint density at radius 2 is 2.05 bits per heavy atom. The highest BCUT2D eigenvalue weighted by Gasteiger charge is 2.22. The predicted octanol–water partition coefficient (Wildman–Crippen LogP) is 4.94. The number of nitrogens with one attached hydrogen (secondary N) is 1. The Kier molecular flexibility index (Phi) is 4.27. The number of benzene rings is 2. The number of hydrogen-bond acceptors (Lipinski definition) is 2. The van der Waals surface area contributed by atoms with Crippen molar-refractivity contribution >= 4 is 15.9 Å². The molecule has 0 bridgehead atoms. The lowest BCUT2D eigenvalue weighted by Crippen LogP contribution is -2.16. The van der Waals surface area contributed by atoms with E-state index in [1.807, 2.05) is 25.1 Å². The summed E-state index contributed by atoms with van der Waals surface area (Å²) < 4.78 is 20.8. The van der Waals surface area contributed by atoms with Gasteiger partial charge in [-0.25, -0.2) is 4.39 Å². The van der Waals surface area contributed by atoms with Crippen LogP contribution in [0, 0.1) is 12.7 Å². The van der Waals surface area contributed by atoms with Gasteiger partial charge in [0, 0.05) is 18.2 Å². The lowest BCUT2D eigenvalue weighted by atomic mass is 10.1. The van der Waals surface area contributed by atoms with E-state index < -0.39 is 0 Å². The molecule has 0 saturated heterocycles. The molecule has 0 unspecified atom stereocenters. The molecule has 0 spiro atoms. The van der Waals surface area contributed by atoms with E-state index >= 15 is 0 Å². The molecule has 2 aromatic carbocycles. The molecule has 3 rings (SSSR count). The maximum atomic E-state index is 14.1. The molecule has 1 aliphatic carbocycles. The Hall–Kier alpha value is -1.39. The third-order valence-electron chi connectivity index (χ3n) is 3.53. The van der Waals surface area contributed by atoms with E-state index in [1.165, 1.54) is 18.9 Å². The van der Waals surface area contributed by atoms with Gasteiger partial charge in [0.15, 0.2) is 0 Å². The maximum Gasteiger partial charge on any atom is 0.141 e. The van der Waals surface area contributed by atoms with Crippen LogP contribution in [-0.2, 0) is 6.54 Å². The average molecular weight is 350 g/mol. The zero-order valence-corrected chi connectivity index (χ0v) is 13.4. The second-order valence-corrected chi connectivity index (χ2v) is 6.26. The molecule has 0 amide bonds. The molecule has 1 aliphatic rings. The Morgan fingerprint density at radius 3 is 2.76 bits per heavy atom. The van der Waals surface area contributed by atoms with Gasteiger partial charge in [0.05, 0.1) is 4.47 Å². The summed E-state index contributed by atoms with van der Waals surface area (Å²) in [4.78, 5) is 0. The van der Waals surface area contributed by atoms with Crippen molar-refractivity contribution in [2.24, 2.45) is 0 Å². The van der Waals surface area contributed by atoms with Crippen LogP contribution in [0.15, 0.2) is 40.9 Å². The lowest BCUT2D eigenvalue weighted by molar-refractivity contribution is 0.459. The number of ether oxygens (including phenoxy) is 1. The predicted molar refractivity (Wildman–Crippen MR) is 85.2 cm³/mol. The maximum absolute atomic E-state index is 14.1. The minimum absolute atomic E-state index is 0.233. The van der Waals surface area contributed by atoms with Gasteiger partial charge >= 0.3 is 0 Å². The van der Waals surface area contributed by atoms with Gasteiger partial charge in [0.1, 0.15) is 17.3 Å². The van der Waals surface area contributed by atoms with E-state index in [4.69, 9.17) is 4.74 Å². The van der Waals surface area contributed by atoms with Crippen molar-refractivity contribution in [2.45, 2.75) is 32.4 Å². The lowest BCUT2D eigenvalue weighted by Gasteiger charge is -2.14. The van der Waals surface area contributed by atoms with Crippen LogP contribution in [0.4, 0.5) is 4.39 Å². The summed E-state index contributed by atoms with van der Waals surface area (Å²) in [5.74, 6) is 1.02. The van der Waals surface area contributed by atoms with Crippen LogP contribution in [0.25, 0.3) is 0 Å². The second kappa shape index (κ2) is 6.16. The molecule has 0 heterocycles. The molecule has 110 valence electrons. The summed E-state index contributed by atoms with van der Waals surface area (Å²) in [5, 5.41) is 3.33. The summed E-state index contributed by atoms with van der Waals surface area (Å²) in [6.07, 6.45) is 2.35. The van der Waals surface area contributed by atoms with Gasteiger partial charge in [-0.2, -0.15) is 0 Å². The third-order valence-corrected chi connectivity index (χ3v) is 4.15. The molecule has 2 aromatic rings. The molecule has 0 aromatic heterocycles. The van der Waals surface area contributed by atoms with Crippen molar-refractivity contribution in [3.8, 4) is 11.5 Å². The van der Waals surface area contributed by atoms with Crippen LogP contribution in [0.2, 0.25) is 0 Å². The molecule has 0 aliphatic heterocycles. The van der Waals surface area contributed by atoms with E-state index in [-0.39, 0.29) is 5.82 Å². The molecule has 2 nitrogen and oxygen atoms in total. The standard InChI is InChI=1S/C17H17BrFNO/c1-11-5-8-17(14(18)9-11)21-16-4-2-3-15(19)13(16)10-20-12-6-7-12/h2-5,8-9,12,20H,6-7,10H2,1H3. The van der Waals surface area contributed by atoms with Crippen LogP contribution in [-0.4, -0.2) is 6.04 Å². The molecule has 1 N–H and O–H groups in total. The monoisotopic (exact) mass is 349 g/mol. The van der Waals surface area contributed by atoms with Gasteiger partial charge < -0.3 is 10.1 Å². The minimum Gasteiger partial charge on any atom is -0.456 e. The molecule has 4 heteroatoms. The highest BCUT2D eigenvalue weighted by atomic mass is 79.9. The Balaban J connectivity index is 1.84. The van der Waals surface area contributed by atoms with E-state index in [0.717, 1.165) is 10.0 Å². The largest absolute Gasteiger partial charge is 0.456 e. The van der Waals surface area contributed by atoms with Crippen molar-refractivity contribution < 1.29 is 9.13 Å². The van der Waals surface area contributed by atoms with Crippen LogP contribution in [0.5, 0.6) is 11.5 Å². The van der Waals surface area contributed by atoms with Crippen LogP contribution < -0.4 is 10.1 Å². The van der Waals surface area contributed by atoms with Crippen molar-refractivity contribution in [1.82, 2.24) is 5.32 Å². The van der Waals surface area contributed by atoms with Gasteiger partial charge in [-0.1, -0.05) is 12.1 Å². The fraction of sp³-hybridized carbons (Fsp3) is 0.294. The minimum atomic E-state index is -0.233. The number of aryl methyl sites for hydroxylation is 1. The highest BCUT2D eigenvalue weighted by Crippen LogP contribution is 2.33. The summed E-state index contributed by atoms with van der Waals surface area (Å²) in [7, 11) is 0. The van der Waals surface area contributed by atoms with Gasteiger partial charge in [-0.3, -0.25) is 0 Å². The van der Waals surface area contributed by atoms with Gasteiger partial charge in [-0.15, -0.1) is 0 Å². The Morgan fingerprint density at radius 1 is 1.24 bits per heavy atom. The Labute approximate surface area is 132 Å². The van der Waals surface area contributed by atoms with Crippen molar-refractivity contribution in [2.75, 3.05) is 0 Å². The first-order valence-electron chi connectivity index (χ1n) is 7.08. The zero-order valence-electron chi connectivity index (χ0n) is 11.8. The summed E-state index contributed by atoms with van der Waals surface area (Å²) in [5.41, 5.74) is 1.72. The van der Waals surface area contributed by atoms with Gasteiger partial charge in [0.25, 0.3) is 0 Å². The highest BCUT2D eigenvalue weighted by molar-refractivity contribution is 9.10. The Bertz CT molecular complexity index is 655. The number of rotatable bonds is 5. The fourth-order valence-corrected chi connectivity index (χ4v) is 2.72. The topological polar surface area (TPSA) is 21.3 Å². The van der Waals surface area contributed by atoms with E-state index in [2.05, 4.69) is 21.2 Å². The average Bonchev–Trinajstić information content (AvgIpc) is 3.25. The van der Waals surface area contributed by atoms with Crippen molar-refractivity contribution in [1.29, 1.82) is 0 Å². The molecular formula is C17H17BrFNO. The van der Waals surface area contributed by atoms with E-state index in [9.17, 15) is 4.39 Å². The van der Waals surface area contributed by atoms with Gasteiger partial charge in [0.2, 0.25) is 0 Å². The van der Waals surface area contributed by atoms with Crippen molar-refractivity contribution in [3.05, 3.63) is 57.8 Å². The molecule has 0 atom stereocenters. The first-order valence-corrected chi connectivity index (χ1v) is 7.87. The van der Waals surface area contributed by atoms with Crippen LogP contribution >= 0.6 is 15.9 Å². The molecule has 21 heavy (non-hydrogen) atoms. The van der Waals surface area contributed by atoms with Gasteiger partial charge in [-0.05, 0) is 65.5 Å². The summed E-state index contributed by atoms with van der Waals surface area (Å²) in [6, 6.07) is 11.3. The first kappa shape index (κ1) is 14.5. The fourth-order valence-electron chi connectivity index (χ4n) is 2.15. The van der Waals surface area contributed by atoms with Crippen molar-refractivity contribution in [3.63, 3.8) is 0 Å². The molecule has 1 fully saturated rings. The number of halogens is 2. The molecule has 0 radical (unpaired) electrons. The second-order valence-electron chi connectivity index (χ2n) is 5.41. The quantitative estimate of drug-likeness (QED) is 0.825. The third kappa shape index (κ3) is 3.63. The molecular weight excluding hydrogens is 333 g/mol. The summed E-state index contributed by atoms with van der Waals surface area (Å²) >= 11 is 3.49. The zero-order chi connectivity index (χ0) is 14.8. The normalized spacial score (nSPS) is 14.2. The molecule has 1 saturated carbocycles. The number of hydrogen-bond donors (Lipinski definition) is 1. The van der Waals surface area contributed by atoms with E-state index in [1.54, 1.807) is 12.1 Å². The summed E-state index contributed by atoms with van der Waals surface area (Å²) in [6.45, 7) is 2.51. The van der Waals surface area contributed by atoms with Crippen LogP contribution in [0.1, 0.15) is 24.0 Å². The van der Waals surface area contributed by atoms with E-state index in [0.29, 0.717) is 29.6 Å². The first-order chi connectivity index (χ1) is 10.1. The SMILES string of the molecule is Cc1ccc(Oc2cccc(F)c2CNC2CC2)c(Br)c1. The smallest absolute Gasteiger partial charge is 0.141 e.